The predicted molar refractivity (Wildman–Crippen MR) is 150 cm³/mol. The van der Waals surface area contributed by atoms with E-state index < -0.39 is 12.0 Å². The lowest BCUT2D eigenvalue weighted by Crippen LogP contribution is -2.28. The smallest absolute Gasteiger partial charge is 0.412 e. The minimum Gasteiger partial charge on any atom is -0.444 e. The molecular formula is C28H27N7O5S. The molecule has 3 aromatic rings. The van der Waals surface area contributed by atoms with Crippen molar-refractivity contribution in [2.24, 2.45) is 16.1 Å². The maximum atomic E-state index is 12.3. The second-order valence-electron chi connectivity index (χ2n) is 9.06. The SMILES string of the molecule is O=C(CCc1nc(-c2ccc(NC(=O)OCc3ccccc3)s2)no1)NCCCNC1=C2C=CC=CC2C(=O)N=N1. The molecule has 1 aromatic carbocycles. The average Bonchev–Trinajstić information content (AvgIpc) is 3.66. The number of anilines is 1. The normalized spacial score (nSPS) is 15.5. The van der Waals surface area contributed by atoms with Crippen molar-refractivity contribution in [3.05, 3.63) is 89.6 Å². The molecule has 12 nitrogen and oxygen atoms in total. The molecular weight excluding hydrogens is 546 g/mol. The van der Waals surface area contributed by atoms with E-state index in [1.54, 1.807) is 18.2 Å². The van der Waals surface area contributed by atoms with Crippen molar-refractivity contribution in [1.29, 1.82) is 0 Å². The molecule has 0 saturated carbocycles. The Balaban J connectivity index is 0.996. The fourth-order valence-corrected chi connectivity index (χ4v) is 4.83. The van der Waals surface area contributed by atoms with Gasteiger partial charge in [0.25, 0.3) is 5.91 Å². The summed E-state index contributed by atoms with van der Waals surface area (Å²) in [7, 11) is 0. The topological polar surface area (TPSA) is 160 Å². The first-order valence-corrected chi connectivity index (χ1v) is 13.8. The Hall–Kier alpha value is -4.91. The molecule has 2 aromatic heterocycles. The Kier molecular flexibility index (Phi) is 9.06. The summed E-state index contributed by atoms with van der Waals surface area (Å²) in [6, 6.07) is 12.9. The quantitative estimate of drug-likeness (QED) is 0.267. The molecule has 1 aliphatic heterocycles. The third-order valence-electron chi connectivity index (χ3n) is 6.08. The van der Waals surface area contributed by atoms with Crippen LogP contribution in [0, 0.1) is 5.92 Å². The van der Waals surface area contributed by atoms with E-state index >= 15 is 0 Å². The molecule has 1 aliphatic carbocycles. The van der Waals surface area contributed by atoms with Crippen molar-refractivity contribution in [2.45, 2.75) is 25.9 Å². The molecule has 0 spiro atoms. The molecule has 0 bridgehead atoms. The largest absolute Gasteiger partial charge is 0.444 e. The van der Waals surface area contributed by atoms with Gasteiger partial charge in [0.05, 0.1) is 15.8 Å². The number of nitrogens with zero attached hydrogens (tertiary/aromatic N) is 4. The van der Waals surface area contributed by atoms with Gasteiger partial charge in [-0.05, 0) is 24.1 Å². The first-order chi connectivity index (χ1) is 20.0. The third-order valence-corrected chi connectivity index (χ3v) is 7.08. The van der Waals surface area contributed by atoms with Gasteiger partial charge in [0, 0.05) is 31.5 Å². The van der Waals surface area contributed by atoms with Gasteiger partial charge in [0.2, 0.25) is 17.6 Å². The molecule has 210 valence electrons. The van der Waals surface area contributed by atoms with E-state index in [2.05, 4.69) is 36.3 Å². The van der Waals surface area contributed by atoms with E-state index in [9.17, 15) is 14.4 Å². The van der Waals surface area contributed by atoms with Crippen LogP contribution in [-0.4, -0.2) is 41.1 Å². The molecule has 3 heterocycles. The highest BCUT2D eigenvalue weighted by atomic mass is 32.1. The van der Waals surface area contributed by atoms with Crippen molar-refractivity contribution in [2.75, 3.05) is 18.4 Å². The second kappa shape index (κ2) is 13.4. The Labute approximate surface area is 239 Å². The number of nitrogens with one attached hydrogen (secondary N) is 3. The van der Waals surface area contributed by atoms with E-state index in [1.807, 2.05) is 48.6 Å². The van der Waals surface area contributed by atoms with Crippen LogP contribution in [0.5, 0.6) is 0 Å². The van der Waals surface area contributed by atoms with Crippen LogP contribution >= 0.6 is 11.3 Å². The summed E-state index contributed by atoms with van der Waals surface area (Å²) in [5, 5.41) is 21.0. The average molecular weight is 574 g/mol. The molecule has 0 radical (unpaired) electrons. The Morgan fingerprint density at radius 3 is 2.80 bits per heavy atom. The first kappa shape index (κ1) is 27.6. The van der Waals surface area contributed by atoms with Crippen LogP contribution < -0.4 is 16.0 Å². The molecule has 2 aliphatic rings. The summed E-state index contributed by atoms with van der Waals surface area (Å²) in [5.74, 6) is 0.497. The lowest BCUT2D eigenvalue weighted by atomic mass is 9.93. The van der Waals surface area contributed by atoms with Crippen LogP contribution in [0.15, 0.2) is 92.9 Å². The summed E-state index contributed by atoms with van der Waals surface area (Å²) in [5.41, 5.74) is 1.69. The summed E-state index contributed by atoms with van der Waals surface area (Å²) < 4.78 is 10.5. The van der Waals surface area contributed by atoms with E-state index in [-0.39, 0.29) is 24.8 Å². The van der Waals surface area contributed by atoms with Gasteiger partial charge in [0.1, 0.15) is 6.61 Å². The van der Waals surface area contributed by atoms with E-state index in [0.717, 1.165) is 11.1 Å². The van der Waals surface area contributed by atoms with Gasteiger partial charge in [0.15, 0.2) is 5.82 Å². The zero-order valence-electron chi connectivity index (χ0n) is 21.9. The van der Waals surface area contributed by atoms with Crippen LogP contribution in [0.3, 0.4) is 0 Å². The van der Waals surface area contributed by atoms with Crippen LogP contribution in [-0.2, 0) is 27.4 Å². The number of rotatable bonds is 12. The monoisotopic (exact) mass is 573 g/mol. The van der Waals surface area contributed by atoms with Crippen molar-refractivity contribution in [1.82, 2.24) is 20.8 Å². The fourth-order valence-electron chi connectivity index (χ4n) is 4.01. The number of thiophene rings is 1. The van der Waals surface area contributed by atoms with Gasteiger partial charge in [-0.1, -0.05) is 59.8 Å². The highest BCUT2D eigenvalue weighted by Gasteiger charge is 2.27. The summed E-state index contributed by atoms with van der Waals surface area (Å²) in [6.07, 6.45) is 7.93. The second-order valence-corrected chi connectivity index (χ2v) is 10.1. The summed E-state index contributed by atoms with van der Waals surface area (Å²) >= 11 is 1.28. The number of fused-ring (bicyclic) bond motifs is 1. The Bertz CT molecular complexity index is 1520. The molecule has 0 fully saturated rings. The van der Waals surface area contributed by atoms with Crippen LogP contribution in [0.1, 0.15) is 24.3 Å². The van der Waals surface area contributed by atoms with E-state index in [4.69, 9.17) is 9.26 Å². The van der Waals surface area contributed by atoms with Gasteiger partial charge in [-0.25, -0.2) is 4.79 Å². The zero-order valence-corrected chi connectivity index (χ0v) is 22.7. The van der Waals surface area contributed by atoms with Crippen LogP contribution in [0.2, 0.25) is 0 Å². The highest BCUT2D eigenvalue weighted by molar-refractivity contribution is 7.19. The molecule has 1 unspecified atom stereocenters. The fraction of sp³-hybridized carbons (Fsp3) is 0.250. The van der Waals surface area contributed by atoms with Gasteiger partial charge >= 0.3 is 6.09 Å². The summed E-state index contributed by atoms with van der Waals surface area (Å²) in [6.45, 7) is 1.21. The molecule has 1 atom stereocenters. The molecule has 0 saturated heterocycles. The lowest BCUT2D eigenvalue weighted by molar-refractivity contribution is -0.121. The predicted octanol–water partition coefficient (Wildman–Crippen LogP) is 4.52. The van der Waals surface area contributed by atoms with Gasteiger partial charge in [-0.2, -0.15) is 4.98 Å². The van der Waals surface area contributed by atoms with Crippen molar-refractivity contribution < 1.29 is 23.6 Å². The number of aryl methyl sites for hydroxylation is 1. The maximum Gasteiger partial charge on any atom is 0.412 e. The lowest BCUT2D eigenvalue weighted by Gasteiger charge is -2.20. The Morgan fingerprint density at radius 2 is 1.93 bits per heavy atom. The molecule has 5 rings (SSSR count). The number of hydrogen-bond acceptors (Lipinski definition) is 10. The molecule has 13 heteroatoms. The molecule has 41 heavy (non-hydrogen) atoms. The number of allylic oxidation sites excluding steroid dienone is 3. The standard InChI is InChI=1S/C28H27N7O5S/c36-22(29-15-6-16-30-25-19-9-4-5-10-20(19)27(37)34-33-25)12-13-23-31-26(35-40-23)21-11-14-24(41-21)32-28(38)39-17-18-7-2-1-3-8-18/h1-5,7-11,14,20,30H,6,12-13,15-17H2,(H,29,36)(H,32,38). The number of carbonyl (C=O) groups excluding carboxylic acids is 3. The van der Waals surface area contributed by atoms with Crippen LogP contribution in [0.4, 0.5) is 9.80 Å². The van der Waals surface area contributed by atoms with Gasteiger partial charge in [-0.3, -0.25) is 14.9 Å². The van der Waals surface area contributed by atoms with Gasteiger partial charge < -0.3 is 19.9 Å². The number of carbonyl (C=O) groups is 3. The van der Waals surface area contributed by atoms with E-state index in [1.165, 1.54) is 11.3 Å². The minimum absolute atomic E-state index is 0.133. The number of benzene rings is 1. The molecule has 3 amide bonds. The van der Waals surface area contributed by atoms with Crippen molar-refractivity contribution in [3.63, 3.8) is 0 Å². The van der Waals surface area contributed by atoms with Crippen molar-refractivity contribution in [3.8, 4) is 10.7 Å². The third kappa shape index (κ3) is 7.60. The number of amides is 3. The number of aromatic nitrogens is 2. The first-order valence-electron chi connectivity index (χ1n) is 13.0. The van der Waals surface area contributed by atoms with E-state index in [0.29, 0.717) is 53.3 Å². The maximum absolute atomic E-state index is 12.3. The molecule has 3 N–H and O–H groups in total. The summed E-state index contributed by atoms with van der Waals surface area (Å²) in [4.78, 5) is 41.3. The number of azo groups is 1. The highest BCUT2D eigenvalue weighted by Crippen LogP contribution is 2.30. The number of ether oxygens (including phenoxy) is 1. The van der Waals surface area contributed by atoms with Crippen molar-refractivity contribution >= 4 is 34.2 Å². The zero-order chi connectivity index (χ0) is 28.4. The number of hydrogen-bond donors (Lipinski definition) is 3. The Morgan fingerprint density at radius 1 is 1.05 bits per heavy atom. The van der Waals surface area contributed by atoms with Crippen LogP contribution in [0.25, 0.3) is 10.7 Å². The van der Waals surface area contributed by atoms with Gasteiger partial charge in [-0.15, -0.1) is 21.6 Å². The minimum atomic E-state index is -0.557.